The number of rotatable bonds is 6. The van der Waals surface area contributed by atoms with Crippen molar-refractivity contribution in [3.8, 4) is 11.3 Å². The molecule has 1 saturated heterocycles. The molecule has 31 heavy (non-hydrogen) atoms. The molecular weight excluding hydrogens is 392 g/mol. The fourth-order valence-electron chi connectivity index (χ4n) is 3.97. The summed E-state index contributed by atoms with van der Waals surface area (Å²) in [7, 11) is 0. The number of primary amides is 1. The number of hydrogen-bond donors (Lipinski definition) is 2. The van der Waals surface area contributed by atoms with Gasteiger partial charge in [0.2, 0.25) is 0 Å². The summed E-state index contributed by atoms with van der Waals surface area (Å²) in [6.07, 6.45) is 0.861. The van der Waals surface area contributed by atoms with Crippen LogP contribution in [0.3, 0.4) is 0 Å². The first-order chi connectivity index (χ1) is 15.0. The Hall–Kier alpha value is -3.45. The number of aromatic nitrogens is 2. The third-order valence-electron chi connectivity index (χ3n) is 5.72. The van der Waals surface area contributed by atoms with Crippen LogP contribution in [0.25, 0.3) is 11.3 Å². The molecule has 1 aliphatic rings. The first-order valence-corrected chi connectivity index (χ1v) is 10.4. The van der Waals surface area contributed by atoms with Crippen LogP contribution in [0.1, 0.15) is 50.0 Å². The van der Waals surface area contributed by atoms with Gasteiger partial charge < -0.3 is 15.8 Å². The van der Waals surface area contributed by atoms with Gasteiger partial charge in [-0.05, 0) is 37.5 Å². The minimum absolute atomic E-state index is 0.105. The van der Waals surface area contributed by atoms with E-state index in [9.17, 15) is 9.59 Å². The van der Waals surface area contributed by atoms with E-state index in [1.54, 1.807) is 0 Å². The fraction of sp³-hybridized carbons (Fsp3) is 0.292. The zero-order chi connectivity index (χ0) is 22.0. The van der Waals surface area contributed by atoms with Gasteiger partial charge in [0.05, 0.1) is 18.2 Å². The number of hydrogen-bond acceptors (Lipinski definition) is 4. The molecule has 1 atom stereocenters. The number of carbonyl (C=O) groups excluding carboxylic acids is 2. The molecule has 2 amide bonds. The number of nitrogens with two attached hydrogens (primary N) is 1. The number of ether oxygens (including phenoxy) is 1. The third-order valence-corrected chi connectivity index (χ3v) is 5.72. The number of nitrogens with one attached hydrogen (secondary N) is 1. The van der Waals surface area contributed by atoms with Crippen LogP contribution in [-0.4, -0.2) is 34.8 Å². The van der Waals surface area contributed by atoms with Crippen molar-refractivity contribution in [1.29, 1.82) is 0 Å². The molecule has 7 heteroatoms. The molecule has 0 radical (unpaired) electrons. The molecule has 0 spiro atoms. The van der Waals surface area contributed by atoms with Crippen molar-refractivity contribution in [2.24, 2.45) is 5.73 Å². The smallest absolute Gasteiger partial charge is 0.252 e. The lowest BCUT2D eigenvalue weighted by molar-refractivity contribution is 0.0949. The Balaban J connectivity index is 1.53. The maximum atomic E-state index is 12.4. The van der Waals surface area contributed by atoms with Crippen molar-refractivity contribution in [1.82, 2.24) is 15.1 Å². The highest BCUT2D eigenvalue weighted by atomic mass is 16.5. The Morgan fingerprint density at radius 2 is 1.90 bits per heavy atom. The maximum Gasteiger partial charge on any atom is 0.252 e. The van der Waals surface area contributed by atoms with Gasteiger partial charge in [-0.25, -0.2) is 0 Å². The molecule has 4 rings (SSSR count). The molecule has 1 fully saturated rings. The summed E-state index contributed by atoms with van der Waals surface area (Å²) in [5.74, 6) is -0.599. The lowest BCUT2D eigenvalue weighted by atomic mass is 10.0. The van der Waals surface area contributed by atoms with E-state index in [0.29, 0.717) is 36.6 Å². The second-order valence-electron chi connectivity index (χ2n) is 7.83. The molecule has 160 valence electrons. The van der Waals surface area contributed by atoms with Crippen LogP contribution in [0, 0.1) is 13.8 Å². The maximum absolute atomic E-state index is 12.4. The molecule has 0 unspecified atom stereocenters. The quantitative estimate of drug-likeness (QED) is 0.642. The van der Waals surface area contributed by atoms with E-state index in [1.807, 2.05) is 67.1 Å². The van der Waals surface area contributed by atoms with E-state index in [4.69, 9.17) is 15.6 Å². The summed E-state index contributed by atoms with van der Waals surface area (Å²) in [6, 6.07) is 15.3. The van der Waals surface area contributed by atoms with Crippen molar-refractivity contribution >= 4 is 11.8 Å². The summed E-state index contributed by atoms with van der Waals surface area (Å²) in [4.78, 5) is 24.6. The summed E-state index contributed by atoms with van der Waals surface area (Å²) in [6.45, 7) is 5.46. The molecule has 2 heterocycles. The highest BCUT2D eigenvalue weighted by molar-refractivity contribution is 6.00. The Labute approximate surface area is 181 Å². The van der Waals surface area contributed by atoms with E-state index in [0.717, 1.165) is 28.8 Å². The first kappa shape index (κ1) is 20.8. The Morgan fingerprint density at radius 1 is 1.16 bits per heavy atom. The molecule has 1 aliphatic heterocycles. The van der Waals surface area contributed by atoms with Crippen molar-refractivity contribution in [2.75, 3.05) is 13.2 Å². The zero-order valence-electron chi connectivity index (χ0n) is 17.7. The van der Waals surface area contributed by atoms with E-state index in [1.165, 1.54) is 0 Å². The summed E-state index contributed by atoms with van der Waals surface area (Å²) >= 11 is 0. The van der Waals surface area contributed by atoms with Crippen molar-refractivity contribution in [3.05, 3.63) is 76.5 Å². The predicted molar refractivity (Wildman–Crippen MR) is 118 cm³/mol. The monoisotopic (exact) mass is 418 g/mol. The normalized spacial score (nSPS) is 15.7. The van der Waals surface area contributed by atoms with Gasteiger partial charge in [-0.2, -0.15) is 5.10 Å². The molecule has 3 N–H and O–H groups in total. The van der Waals surface area contributed by atoms with E-state index < -0.39 is 5.91 Å². The van der Waals surface area contributed by atoms with Crippen LogP contribution in [-0.2, 0) is 11.3 Å². The van der Waals surface area contributed by atoms with Gasteiger partial charge in [0.25, 0.3) is 11.8 Å². The van der Waals surface area contributed by atoms with Crippen molar-refractivity contribution in [3.63, 3.8) is 0 Å². The summed E-state index contributed by atoms with van der Waals surface area (Å²) in [5.41, 5.74) is 10.8. The standard InChI is InChI=1S/C24H26N4O3/c1-15-5-3-4-6-20(15)24(30)26-13-17-7-9-18(10-8-17)22-21(23(25)29)16(2)28(27-22)19-11-12-31-14-19/h3-10,19H,11-14H2,1-2H3,(H2,25,29)(H,26,30)/t19-/m1/s1. The molecule has 3 aromatic rings. The Kier molecular flexibility index (Phi) is 5.86. The van der Waals surface area contributed by atoms with Crippen LogP contribution < -0.4 is 11.1 Å². The minimum atomic E-state index is -0.493. The second kappa shape index (κ2) is 8.73. The lowest BCUT2D eigenvalue weighted by Crippen LogP contribution is -2.23. The first-order valence-electron chi connectivity index (χ1n) is 10.4. The van der Waals surface area contributed by atoms with Crippen LogP contribution in [0.15, 0.2) is 48.5 Å². The minimum Gasteiger partial charge on any atom is -0.379 e. The SMILES string of the molecule is Cc1ccccc1C(=O)NCc1ccc(-c2nn([C@@H]3CCOC3)c(C)c2C(N)=O)cc1. The Bertz CT molecular complexity index is 1110. The highest BCUT2D eigenvalue weighted by Crippen LogP contribution is 2.29. The van der Waals surface area contributed by atoms with Crippen molar-refractivity contribution in [2.45, 2.75) is 32.9 Å². The zero-order valence-corrected chi connectivity index (χ0v) is 17.7. The number of aryl methyl sites for hydroxylation is 1. The predicted octanol–water partition coefficient (Wildman–Crippen LogP) is 3.16. The van der Waals surface area contributed by atoms with Crippen LogP contribution in [0.2, 0.25) is 0 Å². The van der Waals surface area contributed by atoms with Crippen molar-refractivity contribution < 1.29 is 14.3 Å². The average Bonchev–Trinajstić information content (AvgIpc) is 3.40. The molecule has 1 aromatic heterocycles. The van der Waals surface area contributed by atoms with Crippen LogP contribution >= 0.6 is 0 Å². The third kappa shape index (κ3) is 4.22. The highest BCUT2D eigenvalue weighted by Gasteiger charge is 2.26. The second-order valence-corrected chi connectivity index (χ2v) is 7.83. The van der Waals surface area contributed by atoms with E-state index in [-0.39, 0.29) is 11.9 Å². The molecular formula is C24H26N4O3. The fourth-order valence-corrected chi connectivity index (χ4v) is 3.97. The summed E-state index contributed by atoms with van der Waals surface area (Å²) in [5, 5.41) is 7.65. The van der Waals surface area contributed by atoms with Crippen LogP contribution in [0.4, 0.5) is 0 Å². The number of carbonyl (C=O) groups is 2. The molecule has 7 nitrogen and oxygen atoms in total. The van der Waals surface area contributed by atoms with Gasteiger partial charge in [0.15, 0.2) is 0 Å². The Morgan fingerprint density at radius 3 is 2.55 bits per heavy atom. The number of benzene rings is 2. The number of amides is 2. The molecule has 2 aromatic carbocycles. The van der Waals surface area contributed by atoms with E-state index in [2.05, 4.69) is 5.32 Å². The van der Waals surface area contributed by atoms with Gasteiger partial charge in [-0.15, -0.1) is 0 Å². The van der Waals surface area contributed by atoms with Gasteiger partial charge in [0, 0.05) is 30.0 Å². The lowest BCUT2D eigenvalue weighted by Gasteiger charge is -2.10. The van der Waals surface area contributed by atoms with Crippen LogP contribution in [0.5, 0.6) is 0 Å². The topological polar surface area (TPSA) is 99.2 Å². The summed E-state index contributed by atoms with van der Waals surface area (Å²) < 4.78 is 7.33. The average molecular weight is 418 g/mol. The number of nitrogens with zero attached hydrogens (tertiary/aromatic N) is 2. The molecule has 0 saturated carbocycles. The van der Waals surface area contributed by atoms with Gasteiger partial charge in [-0.3, -0.25) is 14.3 Å². The van der Waals surface area contributed by atoms with Gasteiger partial charge in [-0.1, -0.05) is 42.5 Å². The van der Waals surface area contributed by atoms with Gasteiger partial charge in [0.1, 0.15) is 5.69 Å². The molecule has 0 aliphatic carbocycles. The van der Waals surface area contributed by atoms with Gasteiger partial charge >= 0.3 is 0 Å². The molecule has 0 bridgehead atoms. The largest absolute Gasteiger partial charge is 0.379 e. The van der Waals surface area contributed by atoms with E-state index >= 15 is 0 Å².